The molecule has 21 heavy (non-hydrogen) atoms. The predicted octanol–water partition coefficient (Wildman–Crippen LogP) is 1.51. The number of rotatable bonds is 5. The van der Waals surface area contributed by atoms with Gasteiger partial charge >= 0.3 is 0 Å². The molecular formula is C12H13N5O3S. The van der Waals surface area contributed by atoms with Crippen LogP contribution >= 0.6 is 11.3 Å². The molecular weight excluding hydrogens is 294 g/mol. The molecule has 110 valence electrons. The summed E-state index contributed by atoms with van der Waals surface area (Å²) in [4.78, 5) is 22.5. The van der Waals surface area contributed by atoms with Crippen LogP contribution in [0.2, 0.25) is 0 Å². The number of aromatic nitrogens is 2. The van der Waals surface area contributed by atoms with Crippen LogP contribution in [-0.2, 0) is 6.42 Å². The summed E-state index contributed by atoms with van der Waals surface area (Å²) in [6, 6.07) is 4.36. The molecule has 9 heteroatoms. The van der Waals surface area contributed by atoms with Crippen LogP contribution in [0.25, 0.3) is 0 Å². The summed E-state index contributed by atoms with van der Waals surface area (Å²) >= 11 is 1.23. The van der Waals surface area contributed by atoms with Gasteiger partial charge in [0, 0.05) is 23.6 Å². The lowest BCUT2D eigenvalue weighted by Crippen LogP contribution is -2.14. The van der Waals surface area contributed by atoms with Crippen LogP contribution in [0.3, 0.4) is 0 Å². The van der Waals surface area contributed by atoms with E-state index in [4.69, 9.17) is 5.73 Å². The minimum atomic E-state index is -0.517. The maximum atomic E-state index is 12.2. The van der Waals surface area contributed by atoms with Gasteiger partial charge in [0.2, 0.25) is 5.13 Å². The molecule has 0 fully saturated rings. The van der Waals surface area contributed by atoms with Crippen LogP contribution in [-0.4, -0.2) is 27.6 Å². The van der Waals surface area contributed by atoms with Gasteiger partial charge in [0.25, 0.3) is 11.6 Å². The zero-order valence-electron chi connectivity index (χ0n) is 11.2. The Kier molecular flexibility index (Phi) is 4.55. The topological polar surface area (TPSA) is 124 Å². The number of nitrogens with zero attached hydrogens (tertiary/aromatic N) is 3. The standard InChI is InChI=1S/C12H13N5O3S/c1-7-8(3-2-4-9(7)17(19)20)11(18)14-12-16-15-10(21-12)5-6-13/h2-4H,5-6,13H2,1H3,(H,14,16,18). The number of nitro groups is 1. The molecule has 1 aromatic heterocycles. The Morgan fingerprint density at radius 1 is 1.48 bits per heavy atom. The molecule has 0 atom stereocenters. The van der Waals surface area contributed by atoms with Crippen molar-refractivity contribution in [3.05, 3.63) is 44.4 Å². The Hall–Kier alpha value is -2.39. The molecule has 0 saturated carbocycles. The van der Waals surface area contributed by atoms with Crippen molar-refractivity contribution in [1.82, 2.24) is 10.2 Å². The lowest BCUT2D eigenvalue weighted by atomic mass is 10.1. The second-order valence-corrected chi connectivity index (χ2v) is 5.26. The molecule has 0 radical (unpaired) electrons. The third-order valence-corrected chi connectivity index (χ3v) is 3.69. The van der Waals surface area contributed by atoms with E-state index >= 15 is 0 Å². The van der Waals surface area contributed by atoms with E-state index in [0.717, 1.165) is 5.01 Å². The lowest BCUT2D eigenvalue weighted by Gasteiger charge is -2.05. The Morgan fingerprint density at radius 2 is 2.24 bits per heavy atom. The molecule has 2 rings (SSSR count). The highest BCUT2D eigenvalue weighted by atomic mass is 32.1. The number of hydrogen-bond donors (Lipinski definition) is 2. The van der Waals surface area contributed by atoms with E-state index < -0.39 is 10.8 Å². The molecule has 0 saturated heterocycles. The molecule has 0 aliphatic carbocycles. The average Bonchev–Trinajstić information content (AvgIpc) is 2.86. The minimum Gasteiger partial charge on any atom is -0.330 e. The van der Waals surface area contributed by atoms with E-state index in [0.29, 0.717) is 23.7 Å². The largest absolute Gasteiger partial charge is 0.330 e. The van der Waals surface area contributed by atoms with Crippen molar-refractivity contribution in [3.8, 4) is 0 Å². The van der Waals surface area contributed by atoms with E-state index in [1.807, 2.05) is 0 Å². The maximum Gasteiger partial charge on any atom is 0.273 e. The van der Waals surface area contributed by atoms with Crippen LogP contribution in [0, 0.1) is 17.0 Å². The summed E-state index contributed by atoms with van der Waals surface area (Å²) in [5, 5.41) is 22.2. The second kappa shape index (κ2) is 6.37. The summed E-state index contributed by atoms with van der Waals surface area (Å²) in [5.74, 6) is -0.452. The molecule has 0 aliphatic heterocycles. The Morgan fingerprint density at radius 3 is 2.90 bits per heavy atom. The van der Waals surface area contributed by atoms with Gasteiger partial charge in [-0.1, -0.05) is 17.4 Å². The molecule has 0 spiro atoms. The van der Waals surface area contributed by atoms with E-state index in [9.17, 15) is 14.9 Å². The maximum absolute atomic E-state index is 12.2. The third-order valence-electron chi connectivity index (χ3n) is 2.79. The fourth-order valence-electron chi connectivity index (χ4n) is 1.76. The Balaban J connectivity index is 2.20. The first kappa shape index (κ1) is 15.0. The van der Waals surface area contributed by atoms with Gasteiger partial charge in [-0.2, -0.15) is 0 Å². The van der Waals surface area contributed by atoms with E-state index in [1.54, 1.807) is 0 Å². The first-order chi connectivity index (χ1) is 10.0. The average molecular weight is 307 g/mol. The van der Waals surface area contributed by atoms with E-state index in [2.05, 4.69) is 15.5 Å². The van der Waals surface area contributed by atoms with Gasteiger partial charge in [0.15, 0.2) is 0 Å². The van der Waals surface area contributed by atoms with Crippen molar-refractivity contribution < 1.29 is 9.72 Å². The number of nitrogens with two attached hydrogens (primary N) is 1. The van der Waals surface area contributed by atoms with E-state index in [1.165, 1.54) is 36.5 Å². The van der Waals surface area contributed by atoms with Gasteiger partial charge in [-0.05, 0) is 19.5 Å². The minimum absolute atomic E-state index is 0.0938. The van der Waals surface area contributed by atoms with Crippen LogP contribution in [0.5, 0.6) is 0 Å². The molecule has 0 bridgehead atoms. The normalized spacial score (nSPS) is 10.4. The lowest BCUT2D eigenvalue weighted by molar-refractivity contribution is -0.385. The van der Waals surface area contributed by atoms with Gasteiger partial charge in [0.1, 0.15) is 5.01 Å². The molecule has 0 aliphatic rings. The molecule has 1 heterocycles. The number of hydrogen-bond acceptors (Lipinski definition) is 7. The number of carbonyl (C=O) groups is 1. The summed E-state index contributed by atoms with van der Waals surface area (Å²) in [7, 11) is 0. The third kappa shape index (κ3) is 3.38. The number of amides is 1. The van der Waals surface area contributed by atoms with Gasteiger partial charge in [-0.3, -0.25) is 20.2 Å². The highest BCUT2D eigenvalue weighted by molar-refractivity contribution is 7.15. The van der Waals surface area contributed by atoms with Gasteiger partial charge in [-0.15, -0.1) is 10.2 Å². The highest BCUT2D eigenvalue weighted by Gasteiger charge is 2.18. The Bertz CT molecular complexity index is 685. The summed E-state index contributed by atoms with van der Waals surface area (Å²) in [6.45, 7) is 1.99. The first-order valence-electron chi connectivity index (χ1n) is 6.10. The van der Waals surface area contributed by atoms with Crippen molar-refractivity contribution in [2.24, 2.45) is 5.73 Å². The van der Waals surface area contributed by atoms with Gasteiger partial charge in [-0.25, -0.2) is 0 Å². The number of nitro benzene ring substituents is 1. The fourth-order valence-corrected chi connectivity index (χ4v) is 2.51. The monoisotopic (exact) mass is 307 g/mol. The van der Waals surface area contributed by atoms with Crippen molar-refractivity contribution in [2.75, 3.05) is 11.9 Å². The number of anilines is 1. The zero-order valence-corrected chi connectivity index (χ0v) is 12.0. The van der Waals surface area contributed by atoms with Crippen molar-refractivity contribution in [3.63, 3.8) is 0 Å². The Labute approximate surface area is 124 Å². The van der Waals surface area contributed by atoms with E-state index in [-0.39, 0.29) is 11.3 Å². The van der Waals surface area contributed by atoms with Crippen LogP contribution in [0.4, 0.5) is 10.8 Å². The molecule has 1 amide bonds. The zero-order chi connectivity index (χ0) is 15.4. The van der Waals surface area contributed by atoms with Crippen molar-refractivity contribution in [2.45, 2.75) is 13.3 Å². The van der Waals surface area contributed by atoms with Crippen molar-refractivity contribution >= 4 is 28.1 Å². The SMILES string of the molecule is Cc1c(C(=O)Nc2nnc(CCN)s2)cccc1[N+](=O)[O-]. The van der Waals surface area contributed by atoms with Gasteiger partial charge in [0.05, 0.1) is 4.92 Å². The number of benzene rings is 1. The van der Waals surface area contributed by atoms with Crippen LogP contribution in [0.1, 0.15) is 20.9 Å². The molecule has 1 aromatic carbocycles. The molecule has 0 unspecified atom stereocenters. The highest BCUT2D eigenvalue weighted by Crippen LogP contribution is 2.23. The quantitative estimate of drug-likeness (QED) is 0.637. The second-order valence-electron chi connectivity index (χ2n) is 4.20. The summed E-state index contributed by atoms with van der Waals surface area (Å²) < 4.78 is 0. The molecule has 2 aromatic rings. The van der Waals surface area contributed by atoms with Crippen LogP contribution in [0.15, 0.2) is 18.2 Å². The predicted molar refractivity (Wildman–Crippen MR) is 78.5 cm³/mol. The number of carbonyl (C=O) groups excluding carboxylic acids is 1. The van der Waals surface area contributed by atoms with Crippen LogP contribution < -0.4 is 11.1 Å². The van der Waals surface area contributed by atoms with Crippen molar-refractivity contribution in [1.29, 1.82) is 0 Å². The number of nitrogens with one attached hydrogen (secondary N) is 1. The fraction of sp³-hybridized carbons (Fsp3) is 0.250. The smallest absolute Gasteiger partial charge is 0.273 e. The molecule has 3 N–H and O–H groups in total. The summed E-state index contributed by atoms with van der Waals surface area (Å²) in [5.41, 5.74) is 5.87. The summed E-state index contributed by atoms with van der Waals surface area (Å²) in [6.07, 6.45) is 0.587. The molecule has 8 nitrogen and oxygen atoms in total. The first-order valence-corrected chi connectivity index (χ1v) is 6.92. The van der Waals surface area contributed by atoms with Gasteiger partial charge < -0.3 is 5.73 Å².